The summed E-state index contributed by atoms with van der Waals surface area (Å²) in [5, 5.41) is 15.2. The number of pyridine rings is 1. The number of hydrogen-bond acceptors (Lipinski definition) is 8. The third-order valence-corrected chi connectivity index (χ3v) is 7.26. The Morgan fingerprint density at radius 3 is 2.45 bits per heavy atom. The molecule has 3 aromatic heterocycles. The van der Waals surface area contributed by atoms with Crippen molar-refractivity contribution in [2.24, 2.45) is 5.73 Å². The van der Waals surface area contributed by atoms with Crippen LogP contribution in [0.3, 0.4) is 0 Å². The number of carbonyl (C=O) groups is 1. The van der Waals surface area contributed by atoms with Crippen molar-refractivity contribution in [1.29, 1.82) is 0 Å². The van der Waals surface area contributed by atoms with Gasteiger partial charge in [-0.2, -0.15) is 28.2 Å². The van der Waals surface area contributed by atoms with Gasteiger partial charge in [0.2, 0.25) is 0 Å². The third-order valence-electron chi connectivity index (χ3n) is 7.26. The van der Waals surface area contributed by atoms with Gasteiger partial charge in [-0.3, -0.25) is 14.4 Å². The topological polar surface area (TPSA) is 123 Å². The Kier molecular flexibility index (Phi) is 7.98. The van der Waals surface area contributed by atoms with E-state index in [2.05, 4.69) is 30.5 Å². The number of aromatic nitrogens is 6. The number of carbonyl (C=O) groups excluding carboxylic acids is 1. The molecule has 2 fully saturated rings. The van der Waals surface area contributed by atoms with Crippen LogP contribution in [0, 0.1) is 0 Å². The predicted octanol–water partition coefficient (Wildman–Crippen LogP) is 2.98. The average molecular weight is 569 g/mol. The van der Waals surface area contributed by atoms with Crippen LogP contribution in [0.25, 0.3) is 5.69 Å². The van der Waals surface area contributed by atoms with Crippen molar-refractivity contribution in [1.82, 2.24) is 40.0 Å². The van der Waals surface area contributed by atoms with Crippen LogP contribution in [0.2, 0.25) is 0 Å². The molecule has 0 aromatic carbocycles. The Bertz CT molecular complexity index is 1310. The van der Waals surface area contributed by atoms with Gasteiger partial charge in [-0.15, -0.1) is 5.10 Å². The first-order chi connectivity index (χ1) is 19.1. The van der Waals surface area contributed by atoms with E-state index in [1.807, 2.05) is 0 Å². The van der Waals surface area contributed by atoms with E-state index in [9.17, 15) is 26.7 Å². The van der Waals surface area contributed by atoms with E-state index in [1.165, 1.54) is 29.2 Å². The van der Waals surface area contributed by atoms with Crippen molar-refractivity contribution in [2.45, 2.75) is 50.4 Å². The number of nitrogens with zero attached hydrogens (tertiary/aromatic N) is 8. The smallest absolute Gasteiger partial charge is 0.364 e. The van der Waals surface area contributed by atoms with Gasteiger partial charge in [-0.05, 0) is 31.7 Å². The highest BCUT2D eigenvalue weighted by Crippen LogP contribution is 2.38. The molecule has 5 rings (SSSR count). The summed E-state index contributed by atoms with van der Waals surface area (Å²) in [6.07, 6.45) is -1.24. The summed E-state index contributed by atoms with van der Waals surface area (Å²) in [4.78, 5) is 19.5. The molecular formula is C24H29F5N10O. The Hall–Kier alpha value is -3.66. The Morgan fingerprint density at radius 1 is 1.12 bits per heavy atom. The molecule has 1 aliphatic carbocycles. The zero-order valence-electron chi connectivity index (χ0n) is 21.4. The first-order valence-electron chi connectivity index (χ1n) is 12.9. The number of nitrogens with two attached hydrogens (primary N) is 1. The van der Waals surface area contributed by atoms with Crippen LogP contribution in [0.15, 0.2) is 30.7 Å². The molecule has 0 radical (unpaired) electrons. The molecule has 1 saturated heterocycles. The maximum absolute atomic E-state index is 14.2. The minimum atomic E-state index is -4.75. The number of hydrogen-bond donors (Lipinski definition) is 2. The van der Waals surface area contributed by atoms with Crippen molar-refractivity contribution in [3.05, 3.63) is 42.1 Å². The summed E-state index contributed by atoms with van der Waals surface area (Å²) < 4.78 is 70.9. The molecule has 11 nitrogen and oxygen atoms in total. The molecule has 0 spiro atoms. The largest absolute Gasteiger partial charge is 0.406 e. The number of piperazine rings is 1. The van der Waals surface area contributed by atoms with E-state index >= 15 is 0 Å². The second-order valence-corrected chi connectivity index (χ2v) is 9.89. The van der Waals surface area contributed by atoms with E-state index in [1.54, 1.807) is 0 Å². The maximum atomic E-state index is 14.2. The highest BCUT2D eigenvalue weighted by atomic mass is 19.4. The van der Waals surface area contributed by atoms with Crippen LogP contribution >= 0.6 is 0 Å². The van der Waals surface area contributed by atoms with Gasteiger partial charge in [-0.1, -0.05) is 0 Å². The van der Waals surface area contributed by atoms with Gasteiger partial charge >= 0.3 is 6.18 Å². The Balaban J connectivity index is 1.44. The Morgan fingerprint density at radius 2 is 1.82 bits per heavy atom. The van der Waals surface area contributed by atoms with Gasteiger partial charge in [0.05, 0.1) is 23.6 Å². The number of amides is 1. The maximum Gasteiger partial charge on any atom is 0.406 e. The summed E-state index contributed by atoms with van der Waals surface area (Å²) in [7, 11) is 0. The normalized spacial score (nSPS) is 20.6. The van der Waals surface area contributed by atoms with Gasteiger partial charge in [0.1, 0.15) is 12.4 Å². The molecule has 2 aliphatic rings. The molecule has 3 N–H and O–H groups in total. The zero-order chi connectivity index (χ0) is 28.4. The van der Waals surface area contributed by atoms with Gasteiger partial charge in [0.25, 0.3) is 12.3 Å². The summed E-state index contributed by atoms with van der Waals surface area (Å²) in [6, 6.07) is 2.79. The number of nitrogens with one attached hydrogen (secondary N) is 1. The molecule has 3 aromatic rings. The van der Waals surface area contributed by atoms with Crippen LogP contribution in [-0.4, -0.2) is 85.5 Å². The van der Waals surface area contributed by atoms with E-state index < -0.39 is 30.7 Å². The van der Waals surface area contributed by atoms with Crippen molar-refractivity contribution >= 4 is 17.4 Å². The molecule has 1 aliphatic heterocycles. The van der Waals surface area contributed by atoms with Crippen molar-refractivity contribution in [3.8, 4) is 5.69 Å². The van der Waals surface area contributed by atoms with Crippen LogP contribution in [0.4, 0.5) is 33.5 Å². The van der Waals surface area contributed by atoms with E-state index in [4.69, 9.17) is 5.73 Å². The van der Waals surface area contributed by atoms with Crippen molar-refractivity contribution in [3.63, 3.8) is 0 Å². The van der Waals surface area contributed by atoms with Crippen molar-refractivity contribution in [2.75, 3.05) is 37.6 Å². The number of primary amides is 1. The van der Waals surface area contributed by atoms with E-state index in [0.29, 0.717) is 23.8 Å². The zero-order valence-corrected chi connectivity index (χ0v) is 21.4. The molecule has 16 heteroatoms. The third kappa shape index (κ3) is 6.22. The lowest BCUT2D eigenvalue weighted by molar-refractivity contribution is -0.118. The molecule has 0 bridgehead atoms. The summed E-state index contributed by atoms with van der Waals surface area (Å²) in [5.74, 6) is -1.10. The molecule has 0 unspecified atom stereocenters. The van der Waals surface area contributed by atoms with Crippen LogP contribution in [0.1, 0.15) is 54.3 Å². The molecule has 0 atom stereocenters. The lowest BCUT2D eigenvalue weighted by Gasteiger charge is -2.39. The summed E-state index contributed by atoms with van der Waals surface area (Å²) in [6.45, 7) is 2.17. The molecule has 4 heterocycles. The summed E-state index contributed by atoms with van der Waals surface area (Å²) in [5.41, 5.74) is 4.06. The monoisotopic (exact) mass is 568 g/mol. The fraction of sp³-hybridized carbons (Fsp3) is 0.542. The first kappa shape index (κ1) is 27.9. The number of rotatable bonds is 8. The summed E-state index contributed by atoms with van der Waals surface area (Å²) >= 11 is 0. The van der Waals surface area contributed by atoms with Gasteiger partial charge < -0.3 is 16.0 Å². The number of alkyl halides is 5. The lowest BCUT2D eigenvalue weighted by Crippen LogP contribution is -2.49. The highest BCUT2D eigenvalue weighted by molar-refractivity contribution is 5.90. The quantitative estimate of drug-likeness (QED) is 0.398. The highest BCUT2D eigenvalue weighted by Gasteiger charge is 2.36. The standard InChI is InChI=1S/C24H29F5N10O/c25-22(26)21-19(13-38(35-21)16-3-1-15(2-4-16)36-9-7-31-8-10-36)37(14-24(27,28)29)20-11-17(5-6-32-20)39-33-12-18(34-39)23(30)40/h5-6,11-13,15-16,22,31H,1-4,7-10,14H2,(H2,30,40). The molecule has 40 heavy (non-hydrogen) atoms. The Labute approximate surface area is 226 Å². The van der Waals surface area contributed by atoms with Crippen LogP contribution < -0.4 is 16.0 Å². The minimum Gasteiger partial charge on any atom is -0.364 e. The van der Waals surface area contributed by atoms with Crippen LogP contribution in [0.5, 0.6) is 0 Å². The first-order valence-corrected chi connectivity index (χ1v) is 12.9. The van der Waals surface area contributed by atoms with E-state index in [-0.39, 0.29) is 28.9 Å². The SMILES string of the molecule is NC(=O)c1cnn(-c2ccnc(N(CC(F)(F)F)c3cn(C4CCC(N5CCNCC5)CC4)nc3C(F)F)c2)n1. The second-order valence-electron chi connectivity index (χ2n) is 9.89. The molecule has 216 valence electrons. The number of halogens is 5. The lowest BCUT2D eigenvalue weighted by atomic mass is 9.90. The average Bonchev–Trinajstić information content (AvgIpc) is 3.61. The molecule has 1 saturated carbocycles. The fourth-order valence-corrected chi connectivity index (χ4v) is 5.33. The van der Waals surface area contributed by atoms with Gasteiger partial charge in [0.15, 0.2) is 11.4 Å². The van der Waals surface area contributed by atoms with Gasteiger partial charge in [-0.25, -0.2) is 13.8 Å². The number of anilines is 2. The molecule has 1 amide bonds. The van der Waals surface area contributed by atoms with E-state index in [0.717, 1.165) is 50.0 Å². The van der Waals surface area contributed by atoms with Crippen LogP contribution in [-0.2, 0) is 0 Å². The van der Waals surface area contributed by atoms with Gasteiger partial charge in [0, 0.05) is 50.7 Å². The minimum absolute atomic E-state index is 0.154. The fourth-order valence-electron chi connectivity index (χ4n) is 5.33. The predicted molar refractivity (Wildman–Crippen MR) is 134 cm³/mol. The molecular weight excluding hydrogens is 539 g/mol. The second kappa shape index (κ2) is 11.4. The van der Waals surface area contributed by atoms with Crippen molar-refractivity contribution < 1.29 is 26.7 Å².